The van der Waals surface area contributed by atoms with Gasteiger partial charge >= 0.3 is 0 Å². The molecular weight excluding hydrogens is 252 g/mol. The lowest BCUT2D eigenvalue weighted by Gasteiger charge is -2.15. The number of anilines is 2. The number of hydrogen-bond donors (Lipinski definition) is 2. The van der Waals surface area contributed by atoms with Gasteiger partial charge in [0.05, 0.1) is 0 Å². The molecule has 0 spiro atoms. The lowest BCUT2D eigenvalue weighted by molar-refractivity contribution is 0.0785. The van der Waals surface area contributed by atoms with Gasteiger partial charge in [0.15, 0.2) is 5.13 Å². The number of hydrogen-bond acceptors (Lipinski definition) is 6. The number of nitrogens with zero attached hydrogens (tertiary/aromatic N) is 2. The molecule has 0 bridgehead atoms. The summed E-state index contributed by atoms with van der Waals surface area (Å²) >= 11 is 1.29. The SMILES string of the molecule is CCNc1nc(N)c(C(=O)N(C)CCCOC)s1. The molecule has 3 N–H and O–H groups in total. The number of carbonyl (C=O) groups is 1. The number of carbonyl (C=O) groups excluding carboxylic acids is 1. The Bertz CT molecular complexity index is 394. The number of nitrogens with one attached hydrogen (secondary N) is 1. The van der Waals surface area contributed by atoms with Crippen LogP contribution in [0.2, 0.25) is 0 Å². The molecule has 1 aromatic heterocycles. The molecule has 0 saturated heterocycles. The highest BCUT2D eigenvalue weighted by atomic mass is 32.1. The number of ether oxygens (including phenoxy) is 1. The Balaban J connectivity index is 2.64. The van der Waals surface area contributed by atoms with E-state index in [2.05, 4.69) is 10.3 Å². The van der Waals surface area contributed by atoms with Crippen molar-refractivity contribution in [3.63, 3.8) is 0 Å². The minimum absolute atomic E-state index is 0.0924. The second-order valence-electron chi connectivity index (χ2n) is 3.84. The topological polar surface area (TPSA) is 80.5 Å². The molecule has 0 aliphatic rings. The van der Waals surface area contributed by atoms with Crippen LogP contribution in [-0.4, -0.2) is 49.6 Å². The van der Waals surface area contributed by atoms with E-state index in [1.54, 1.807) is 19.1 Å². The Hall–Kier alpha value is -1.34. The van der Waals surface area contributed by atoms with Crippen molar-refractivity contribution in [3.05, 3.63) is 4.88 Å². The van der Waals surface area contributed by atoms with Gasteiger partial charge in [-0.15, -0.1) is 0 Å². The first-order chi connectivity index (χ1) is 8.60. The summed E-state index contributed by atoms with van der Waals surface area (Å²) in [5.74, 6) is 0.199. The molecule has 1 heterocycles. The van der Waals surface area contributed by atoms with E-state index in [1.165, 1.54) is 11.3 Å². The van der Waals surface area contributed by atoms with Gasteiger partial charge < -0.3 is 20.7 Å². The summed E-state index contributed by atoms with van der Waals surface area (Å²) in [6.45, 7) is 4.00. The average Bonchev–Trinajstić information content (AvgIpc) is 2.70. The summed E-state index contributed by atoms with van der Waals surface area (Å²) < 4.78 is 4.96. The number of aromatic nitrogens is 1. The first kappa shape index (κ1) is 14.7. The summed E-state index contributed by atoms with van der Waals surface area (Å²) in [6.07, 6.45) is 0.803. The maximum Gasteiger partial charge on any atom is 0.267 e. The van der Waals surface area contributed by atoms with Crippen LogP contribution in [0, 0.1) is 0 Å². The third kappa shape index (κ3) is 3.85. The Kier molecular flexibility index (Phi) is 5.87. The van der Waals surface area contributed by atoms with Gasteiger partial charge in [-0.3, -0.25) is 4.79 Å². The zero-order valence-electron chi connectivity index (χ0n) is 11.0. The molecule has 0 atom stereocenters. The molecule has 7 heteroatoms. The monoisotopic (exact) mass is 272 g/mol. The van der Waals surface area contributed by atoms with Gasteiger partial charge in [-0.25, -0.2) is 4.98 Å². The summed E-state index contributed by atoms with van der Waals surface area (Å²) in [6, 6.07) is 0. The smallest absolute Gasteiger partial charge is 0.267 e. The Morgan fingerprint density at radius 3 is 2.94 bits per heavy atom. The van der Waals surface area contributed by atoms with Crippen molar-refractivity contribution in [3.8, 4) is 0 Å². The van der Waals surface area contributed by atoms with E-state index < -0.39 is 0 Å². The standard InChI is InChI=1S/C11H20N4O2S/c1-4-13-11-14-9(12)8(18-11)10(16)15(2)6-5-7-17-3/h4-7,12H2,1-3H3,(H,13,14). The van der Waals surface area contributed by atoms with Crippen molar-refractivity contribution in [1.29, 1.82) is 0 Å². The number of amides is 1. The van der Waals surface area contributed by atoms with Gasteiger partial charge in [0.1, 0.15) is 10.7 Å². The molecule has 18 heavy (non-hydrogen) atoms. The molecular formula is C11H20N4O2S. The number of nitrogens with two attached hydrogens (primary N) is 1. The number of thiazole rings is 1. The molecule has 0 fully saturated rings. The third-order valence-electron chi connectivity index (χ3n) is 2.36. The van der Waals surface area contributed by atoms with E-state index in [-0.39, 0.29) is 5.91 Å². The van der Waals surface area contributed by atoms with E-state index in [1.807, 2.05) is 6.92 Å². The summed E-state index contributed by atoms with van der Waals surface area (Å²) in [5, 5.41) is 3.74. The Labute approximate surface area is 111 Å². The van der Waals surface area contributed by atoms with Crippen molar-refractivity contribution >= 4 is 28.2 Å². The minimum atomic E-state index is -0.0924. The minimum Gasteiger partial charge on any atom is -0.385 e. The van der Waals surface area contributed by atoms with Crippen molar-refractivity contribution < 1.29 is 9.53 Å². The second kappa shape index (κ2) is 7.17. The molecule has 0 unspecified atom stereocenters. The second-order valence-corrected chi connectivity index (χ2v) is 4.84. The maximum atomic E-state index is 12.1. The van der Waals surface area contributed by atoms with Gasteiger partial charge in [-0.2, -0.15) is 0 Å². The van der Waals surface area contributed by atoms with E-state index in [9.17, 15) is 4.79 Å². The third-order valence-corrected chi connectivity index (χ3v) is 3.38. The molecule has 1 aromatic rings. The quantitative estimate of drug-likeness (QED) is 0.731. The first-order valence-electron chi connectivity index (χ1n) is 5.84. The van der Waals surface area contributed by atoms with Crippen LogP contribution >= 0.6 is 11.3 Å². The van der Waals surface area contributed by atoms with E-state index >= 15 is 0 Å². The Morgan fingerprint density at radius 2 is 2.33 bits per heavy atom. The van der Waals surface area contributed by atoms with Gasteiger partial charge in [0.25, 0.3) is 5.91 Å². The van der Waals surface area contributed by atoms with Crippen molar-refractivity contribution in [2.24, 2.45) is 0 Å². The highest BCUT2D eigenvalue weighted by Crippen LogP contribution is 2.25. The highest BCUT2D eigenvalue weighted by molar-refractivity contribution is 7.18. The molecule has 102 valence electrons. The first-order valence-corrected chi connectivity index (χ1v) is 6.66. The summed E-state index contributed by atoms with van der Waals surface area (Å²) in [7, 11) is 3.40. The predicted octanol–water partition coefficient (Wildman–Crippen LogP) is 1.27. The van der Waals surface area contributed by atoms with Crippen LogP contribution in [0.5, 0.6) is 0 Å². The average molecular weight is 272 g/mol. The lowest BCUT2D eigenvalue weighted by Crippen LogP contribution is -2.28. The molecule has 0 aromatic carbocycles. The van der Waals surface area contributed by atoms with Gasteiger partial charge in [0, 0.05) is 33.9 Å². The van der Waals surface area contributed by atoms with Crippen molar-refractivity contribution in [2.75, 3.05) is 44.9 Å². The lowest BCUT2D eigenvalue weighted by atomic mass is 10.3. The van der Waals surface area contributed by atoms with E-state index in [4.69, 9.17) is 10.5 Å². The highest BCUT2D eigenvalue weighted by Gasteiger charge is 2.19. The van der Waals surface area contributed by atoms with E-state index in [0.29, 0.717) is 29.0 Å². The van der Waals surface area contributed by atoms with E-state index in [0.717, 1.165) is 13.0 Å². The largest absolute Gasteiger partial charge is 0.385 e. The normalized spacial score (nSPS) is 10.4. The number of nitrogen functional groups attached to an aromatic ring is 1. The molecule has 0 aliphatic carbocycles. The molecule has 0 aliphatic heterocycles. The van der Waals surface area contributed by atoms with Crippen LogP contribution in [-0.2, 0) is 4.74 Å². The van der Waals surface area contributed by atoms with Crippen LogP contribution in [0.4, 0.5) is 10.9 Å². The summed E-state index contributed by atoms with van der Waals surface area (Å²) in [4.78, 5) is 18.4. The maximum absolute atomic E-state index is 12.1. The predicted molar refractivity (Wildman–Crippen MR) is 74.1 cm³/mol. The van der Waals surface area contributed by atoms with Crippen LogP contribution in [0.25, 0.3) is 0 Å². The Morgan fingerprint density at radius 1 is 1.61 bits per heavy atom. The van der Waals surface area contributed by atoms with Gasteiger partial charge in [0.2, 0.25) is 0 Å². The van der Waals surface area contributed by atoms with Crippen molar-refractivity contribution in [1.82, 2.24) is 9.88 Å². The molecule has 1 rings (SSSR count). The molecule has 0 saturated carbocycles. The van der Waals surface area contributed by atoms with Crippen LogP contribution < -0.4 is 11.1 Å². The summed E-state index contributed by atoms with van der Waals surface area (Å²) in [5.41, 5.74) is 5.75. The zero-order chi connectivity index (χ0) is 13.5. The van der Waals surface area contributed by atoms with Crippen LogP contribution in [0.15, 0.2) is 0 Å². The zero-order valence-corrected chi connectivity index (χ0v) is 11.8. The fourth-order valence-corrected chi connectivity index (χ4v) is 2.38. The van der Waals surface area contributed by atoms with Gasteiger partial charge in [-0.1, -0.05) is 11.3 Å². The number of rotatable bonds is 7. The molecule has 6 nitrogen and oxygen atoms in total. The fraction of sp³-hybridized carbons (Fsp3) is 0.636. The molecule has 1 amide bonds. The van der Waals surface area contributed by atoms with Crippen LogP contribution in [0.3, 0.4) is 0 Å². The van der Waals surface area contributed by atoms with Crippen LogP contribution in [0.1, 0.15) is 23.0 Å². The van der Waals surface area contributed by atoms with Gasteiger partial charge in [-0.05, 0) is 13.3 Å². The fourth-order valence-electron chi connectivity index (χ4n) is 1.43. The number of methoxy groups -OCH3 is 1. The molecule has 0 radical (unpaired) electrons. The van der Waals surface area contributed by atoms with Crippen molar-refractivity contribution in [2.45, 2.75) is 13.3 Å².